The normalized spacial score (nSPS) is 11.6. The molecular formula is C11H15ClFNO. The molecule has 1 aromatic carbocycles. The van der Waals surface area contributed by atoms with Crippen molar-refractivity contribution in [1.82, 2.24) is 0 Å². The minimum absolute atomic E-state index is 0.0606. The lowest BCUT2D eigenvalue weighted by Gasteiger charge is -2.20. The molecule has 0 aliphatic rings. The molecule has 0 fully saturated rings. The van der Waals surface area contributed by atoms with Crippen LogP contribution in [0.1, 0.15) is 19.4 Å². The second-order valence-electron chi connectivity index (χ2n) is 4.22. The summed E-state index contributed by atoms with van der Waals surface area (Å²) >= 11 is 5.65. The first-order valence-electron chi connectivity index (χ1n) is 4.65. The Morgan fingerprint density at radius 3 is 2.53 bits per heavy atom. The molecule has 2 N–H and O–H groups in total. The summed E-state index contributed by atoms with van der Waals surface area (Å²) in [6.45, 7) is 3.75. The maximum absolute atomic E-state index is 13.5. The standard InChI is InChI=1S/C11H15ClFNO/c1-11(2,14)6-7-4-5-8(12)9(13)10(7)15-3/h4-5H,6,14H2,1-3H3. The summed E-state index contributed by atoms with van der Waals surface area (Å²) in [6, 6.07) is 3.25. The summed E-state index contributed by atoms with van der Waals surface area (Å²) in [7, 11) is 1.42. The molecule has 0 unspecified atom stereocenters. The molecule has 2 nitrogen and oxygen atoms in total. The first kappa shape index (κ1) is 12.3. The molecule has 0 atom stereocenters. The molecule has 0 radical (unpaired) electrons. The van der Waals surface area contributed by atoms with Gasteiger partial charge in [0.1, 0.15) is 0 Å². The molecule has 0 spiro atoms. The van der Waals surface area contributed by atoms with E-state index in [-0.39, 0.29) is 10.8 Å². The van der Waals surface area contributed by atoms with Crippen molar-refractivity contribution in [2.75, 3.05) is 7.11 Å². The molecule has 0 aromatic heterocycles. The van der Waals surface area contributed by atoms with E-state index < -0.39 is 11.4 Å². The van der Waals surface area contributed by atoms with Crippen molar-refractivity contribution in [3.05, 3.63) is 28.5 Å². The third-order valence-electron chi connectivity index (χ3n) is 1.98. The third kappa shape index (κ3) is 3.08. The maximum atomic E-state index is 13.5. The van der Waals surface area contributed by atoms with E-state index >= 15 is 0 Å². The minimum Gasteiger partial charge on any atom is -0.493 e. The number of rotatable bonds is 3. The lowest BCUT2D eigenvalue weighted by atomic mass is 9.95. The Bertz CT molecular complexity index is 360. The Morgan fingerprint density at radius 1 is 1.47 bits per heavy atom. The van der Waals surface area contributed by atoms with Crippen LogP contribution >= 0.6 is 11.6 Å². The average Bonchev–Trinajstić information content (AvgIpc) is 2.10. The van der Waals surface area contributed by atoms with Crippen LogP contribution in [0, 0.1) is 5.82 Å². The number of nitrogens with two attached hydrogens (primary N) is 1. The maximum Gasteiger partial charge on any atom is 0.183 e. The first-order chi connectivity index (χ1) is 6.85. The zero-order chi connectivity index (χ0) is 11.6. The van der Waals surface area contributed by atoms with Gasteiger partial charge in [-0.15, -0.1) is 0 Å². The highest BCUT2D eigenvalue weighted by atomic mass is 35.5. The largest absolute Gasteiger partial charge is 0.493 e. The topological polar surface area (TPSA) is 35.2 Å². The van der Waals surface area contributed by atoms with Gasteiger partial charge in [0.25, 0.3) is 0 Å². The third-order valence-corrected chi connectivity index (χ3v) is 2.27. The molecule has 0 heterocycles. The van der Waals surface area contributed by atoms with E-state index in [4.69, 9.17) is 22.1 Å². The molecule has 1 aromatic rings. The lowest BCUT2D eigenvalue weighted by molar-refractivity contribution is 0.376. The summed E-state index contributed by atoms with van der Waals surface area (Å²) < 4.78 is 18.5. The van der Waals surface area contributed by atoms with Crippen LogP contribution in [0.3, 0.4) is 0 Å². The van der Waals surface area contributed by atoms with Crippen LogP contribution in [-0.2, 0) is 6.42 Å². The summed E-state index contributed by atoms with van der Waals surface area (Å²) in [5, 5.41) is 0.0606. The summed E-state index contributed by atoms with van der Waals surface area (Å²) in [5.74, 6) is -0.345. The number of hydrogen-bond acceptors (Lipinski definition) is 2. The van der Waals surface area contributed by atoms with Crippen LogP contribution in [0.15, 0.2) is 12.1 Å². The predicted octanol–water partition coefficient (Wildman–Crippen LogP) is 2.77. The predicted molar refractivity (Wildman–Crippen MR) is 59.9 cm³/mol. The van der Waals surface area contributed by atoms with E-state index in [2.05, 4.69) is 0 Å². The number of hydrogen-bond donors (Lipinski definition) is 1. The van der Waals surface area contributed by atoms with E-state index in [1.54, 1.807) is 6.07 Å². The molecule has 0 amide bonds. The molecule has 15 heavy (non-hydrogen) atoms. The quantitative estimate of drug-likeness (QED) is 0.868. The SMILES string of the molecule is COc1c(CC(C)(C)N)ccc(Cl)c1F. The Hall–Kier alpha value is -0.800. The second kappa shape index (κ2) is 4.37. The lowest BCUT2D eigenvalue weighted by Crippen LogP contribution is -2.34. The van der Waals surface area contributed by atoms with Gasteiger partial charge in [0, 0.05) is 5.54 Å². The molecule has 4 heteroatoms. The number of methoxy groups -OCH3 is 1. The van der Waals surface area contributed by atoms with Gasteiger partial charge in [0.15, 0.2) is 11.6 Å². The van der Waals surface area contributed by atoms with Gasteiger partial charge in [-0.05, 0) is 31.9 Å². The van der Waals surface area contributed by atoms with E-state index in [9.17, 15) is 4.39 Å². The second-order valence-corrected chi connectivity index (χ2v) is 4.63. The van der Waals surface area contributed by atoms with Gasteiger partial charge < -0.3 is 10.5 Å². The Morgan fingerprint density at radius 2 is 2.07 bits per heavy atom. The van der Waals surface area contributed by atoms with Crippen LogP contribution in [0.2, 0.25) is 5.02 Å². The molecule has 0 bridgehead atoms. The van der Waals surface area contributed by atoms with Gasteiger partial charge >= 0.3 is 0 Å². The fourth-order valence-corrected chi connectivity index (χ4v) is 1.57. The molecule has 0 aliphatic carbocycles. The Balaban J connectivity index is 3.14. The van der Waals surface area contributed by atoms with Crippen molar-refractivity contribution < 1.29 is 9.13 Å². The van der Waals surface area contributed by atoms with Gasteiger partial charge in [-0.3, -0.25) is 0 Å². The zero-order valence-electron chi connectivity index (χ0n) is 9.10. The molecule has 0 aliphatic heterocycles. The van der Waals surface area contributed by atoms with Crippen molar-refractivity contribution >= 4 is 11.6 Å². The van der Waals surface area contributed by atoms with Crippen molar-refractivity contribution in [3.8, 4) is 5.75 Å². The monoisotopic (exact) mass is 231 g/mol. The van der Waals surface area contributed by atoms with Gasteiger partial charge in [-0.1, -0.05) is 17.7 Å². The van der Waals surface area contributed by atoms with Crippen LogP contribution in [0.5, 0.6) is 5.75 Å². The van der Waals surface area contributed by atoms with Crippen LogP contribution in [-0.4, -0.2) is 12.6 Å². The summed E-state index contributed by atoms with van der Waals surface area (Å²) in [4.78, 5) is 0. The molecule has 0 saturated heterocycles. The highest BCUT2D eigenvalue weighted by molar-refractivity contribution is 6.30. The summed E-state index contributed by atoms with van der Waals surface area (Å²) in [6.07, 6.45) is 0.532. The van der Waals surface area contributed by atoms with Gasteiger partial charge in [-0.2, -0.15) is 0 Å². The Kier molecular flexibility index (Phi) is 3.58. The zero-order valence-corrected chi connectivity index (χ0v) is 9.86. The van der Waals surface area contributed by atoms with Crippen LogP contribution in [0.4, 0.5) is 4.39 Å². The molecule has 1 rings (SSSR count). The van der Waals surface area contributed by atoms with Gasteiger partial charge in [-0.25, -0.2) is 4.39 Å². The Labute approximate surface area is 94.2 Å². The van der Waals surface area contributed by atoms with Crippen molar-refractivity contribution in [2.45, 2.75) is 25.8 Å². The smallest absolute Gasteiger partial charge is 0.183 e. The fraction of sp³-hybridized carbons (Fsp3) is 0.455. The average molecular weight is 232 g/mol. The van der Waals surface area contributed by atoms with Crippen molar-refractivity contribution in [1.29, 1.82) is 0 Å². The van der Waals surface area contributed by atoms with E-state index in [0.717, 1.165) is 5.56 Å². The van der Waals surface area contributed by atoms with E-state index in [0.29, 0.717) is 6.42 Å². The molecular weight excluding hydrogens is 217 g/mol. The molecule has 0 saturated carbocycles. The fourth-order valence-electron chi connectivity index (χ4n) is 1.42. The number of ether oxygens (including phenoxy) is 1. The summed E-state index contributed by atoms with van der Waals surface area (Å²) in [5.41, 5.74) is 6.19. The minimum atomic E-state index is -0.527. The highest BCUT2D eigenvalue weighted by Crippen LogP contribution is 2.30. The van der Waals surface area contributed by atoms with Crippen LogP contribution < -0.4 is 10.5 Å². The van der Waals surface area contributed by atoms with E-state index in [1.165, 1.54) is 13.2 Å². The highest BCUT2D eigenvalue weighted by Gasteiger charge is 2.18. The first-order valence-corrected chi connectivity index (χ1v) is 5.02. The number of benzene rings is 1. The van der Waals surface area contributed by atoms with Gasteiger partial charge in [0.2, 0.25) is 0 Å². The van der Waals surface area contributed by atoms with Crippen molar-refractivity contribution in [2.24, 2.45) is 5.73 Å². The van der Waals surface area contributed by atoms with Gasteiger partial charge in [0.05, 0.1) is 12.1 Å². The molecule has 84 valence electrons. The number of halogens is 2. The van der Waals surface area contributed by atoms with E-state index in [1.807, 2.05) is 13.8 Å². The van der Waals surface area contributed by atoms with Crippen molar-refractivity contribution in [3.63, 3.8) is 0 Å². The van der Waals surface area contributed by atoms with Crippen LogP contribution in [0.25, 0.3) is 0 Å².